The third-order valence-corrected chi connectivity index (χ3v) is 3.37. The van der Waals surface area contributed by atoms with Crippen molar-refractivity contribution in [3.05, 3.63) is 18.3 Å². The van der Waals surface area contributed by atoms with Crippen molar-refractivity contribution >= 4 is 17.4 Å². The molecule has 0 saturated carbocycles. The van der Waals surface area contributed by atoms with E-state index in [9.17, 15) is 18.0 Å². The second-order valence-corrected chi connectivity index (χ2v) is 4.90. The van der Waals surface area contributed by atoms with E-state index in [1.54, 1.807) is 18.3 Å². The van der Waals surface area contributed by atoms with Crippen LogP contribution in [0.3, 0.4) is 0 Å². The zero-order valence-corrected chi connectivity index (χ0v) is 11.4. The first-order valence-corrected chi connectivity index (χ1v) is 6.67. The van der Waals surface area contributed by atoms with Crippen LogP contribution in [0.2, 0.25) is 0 Å². The third-order valence-electron chi connectivity index (χ3n) is 3.37. The maximum absolute atomic E-state index is 12.1. The molecule has 8 heteroatoms. The monoisotopic (exact) mass is 302 g/mol. The number of aromatic nitrogens is 1. The van der Waals surface area contributed by atoms with Crippen LogP contribution in [0.5, 0.6) is 0 Å². The van der Waals surface area contributed by atoms with E-state index in [4.69, 9.17) is 5.73 Å². The number of nitrogens with two attached hydrogens (primary N) is 1. The largest absolute Gasteiger partial charge is 0.396 e. The van der Waals surface area contributed by atoms with Crippen LogP contribution in [-0.4, -0.2) is 48.1 Å². The number of nitrogens with zero attached hydrogens (tertiary/aromatic N) is 3. The summed E-state index contributed by atoms with van der Waals surface area (Å²) in [5.41, 5.74) is 6.38. The fourth-order valence-corrected chi connectivity index (χ4v) is 2.25. The van der Waals surface area contributed by atoms with E-state index in [1.807, 2.05) is 4.90 Å². The molecule has 1 fully saturated rings. The number of rotatable bonds is 3. The smallest absolute Gasteiger partial charge is 0.389 e. The molecule has 0 spiro atoms. The average molecular weight is 302 g/mol. The molecule has 2 rings (SSSR count). The van der Waals surface area contributed by atoms with Gasteiger partial charge in [0.25, 0.3) is 0 Å². The first-order chi connectivity index (χ1) is 9.87. The lowest BCUT2D eigenvalue weighted by Crippen LogP contribution is -2.49. The number of pyridine rings is 1. The van der Waals surface area contributed by atoms with Gasteiger partial charge < -0.3 is 15.5 Å². The molecule has 1 aromatic heterocycles. The van der Waals surface area contributed by atoms with Gasteiger partial charge in [-0.3, -0.25) is 4.79 Å². The van der Waals surface area contributed by atoms with Gasteiger partial charge in [-0.1, -0.05) is 0 Å². The van der Waals surface area contributed by atoms with Gasteiger partial charge in [-0.15, -0.1) is 0 Å². The Labute approximate surface area is 120 Å². The summed E-state index contributed by atoms with van der Waals surface area (Å²) in [6, 6.07) is 3.47. The molecule has 0 aromatic carbocycles. The number of nitrogen functional groups attached to an aromatic ring is 1. The molecular weight excluding hydrogens is 285 g/mol. The van der Waals surface area contributed by atoms with Crippen LogP contribution >= 0.6 is 0 Å². The van der Waals surface area contributed by atoms with E-state index in [0.717, 1.165) is 0 Å². The number of piperazine rings is 1. The molecule has 0 aliphatic carbocycles. The summed E-state index contributed by atoms with van der Waals surface area (Å²) in [4.78, 5) is 19.3. The van der Waals surface area contributed by atoms with Gasteiger partial charge in [0.2, 0.25) is 5.91 Å². The summed E-state index contributed by atoms with van der Waals surface area (Å²) in [7, 11) is 0. The van der Waals surface area contributed by atoms with E-state index >= 15 is 0 Å². The van der Waals surface area contributed by atoms with Crippen molar-refractivity contribution in [2.24, 2.45) is 0 Å². The highest BCUT2D eigenvalue weighted by Gasteiger charge is 2.30. The highest BCUT2D eigenvalue weighted by molar-refractivity contribution is 5.76. The van der Waals surface area contributed by atoms with Gasteiger partial charge in [0.1, 0.15) is 0 Å². The van der Waals surface area contributed by atoms with Gasteiger partial charge in [0.05, 0.1) is 12.1 Å². The van der Waals surface area contributed by atoms with Gasteiger partial charge in [-0.05, 0) is 12.1 Å². The van der Waals surface area contributed by atoms with Crippen LogP contribution in [0.1, 0.15) is 12.8 Å². The summed E-state index contributed by atoms with van der Waals surface area (Å²) in [6.45, 7) is 1.79. The standard InChI is InChI=1S/C13H17F3N4O/c14-13(15,16)4-3-11(21)19-6-8-20(9-7-19)12-10(17)2-1-5-18-12/h1-2,5H,3-4,6-9,17H2. The molecule has 1 aromatic rings. The molecule has 2 N–H and O–H groups in total. The Morgan fingerprint density at radius 2 is 1.95 bits per heavy atom. The second kappa shape index (κ2) is 6.19. The molecule has 0 radical (unpaired) electrons. The van der Waals surface area contributed by atoms with Crippen molar-refractivity contribution in [1.29, 1.82) is 0 Å². The van der Waals surface area contributed by atoms with E-state index in [2.05, 4.69) is 4.98 Å². The topological polar surface area (TPSA) is 62.5 Å². The zero-order valence-electron chi connectivity index (χ0n) is 11.4. The van der Waals surface area contributed by atoms with Crippen molar-refractivity contribution in [3.8, 4) is 0 Å². The number of alkyl halides is 3. The summed E-state index contributed by atoms with van der Waals surface area (Å²) in [6.07, 6.45) is -4.22. The lowest BCUT2D eigenvalue weighted by Gasteiger charge is -2.36. The van der Waals surface area contributed by atoms with Crippen molar-refractivity contribution in [2.45, 2.75) is 19.0 Å². The molecule has 1 aliphatic heterocycles. The predicted molar refractivity (Wildman–Crippen MR) is 72.7 cm³/mol. The number of amides is 1. The van der Waals surface area contributed by atoms with Crippen molar-refractivity contribution in [2.75, 3.05) is 36.8 Å². The van der Waals surface area contributed by atoms with Crippen molar-refractivity contribution < 1.29 is 18.0 Å². The Bertz CT molecular complexity index is 498. The molecule has 0 unspecified atom stereocenters. The van der Waals surface area contributed by atoms with Crippen LogP contribution in [0.15, 0.2) is 18.3 Å². The number of carbonyl (C=O) groups excluding carboxylic acids is 1. The Morgan fingerprint density at radius 3 is 2.52 bits per heavy atom. The fourth-order valence-electron chi connectivity index (χ4n) is 2.25. The summed E-state index contributed by atoms with van der Waals surface area (Å²) >= 11 is 0. The van der Waals surface area contributed by atoms with E-state index in [0.29, 0.717) is 37.7 Å². The highest BCUT2D eigenvalue weighted by Crippen LogP contribution is 2.23. The lowest BCUT2D eigenvalue weighted by molar-refractivity contribution is -0.149. The summed E-state index contributed by atoms with van der Waals surface area (Å²) in [5.74, 6) is 0.195. The van der Waals surface area contributed by atoms with Gasteiger partial charge in [0, 0.05) is 38.8 Å². The highest BCUT2D eigenvalue weighted by atomic mass is 19.4. The van der Waals surface area contributed by atoms with Crippen LogP contribution < -0.4 is 10.6 Å². The number of carbonyl (C=O) groups is 1. The molecular formula is C13H17F3N4O. The molecule has 116 valence electrons. The second-order valence-electron chi connectivity index (χ2n) is 4.90. The van der Waals surface area contributed by atoms with Gasteiger partial charge >= 0.3 is 6.18 Å². The molecule has 2 heterocycles. The van der Waals surface area contributed by atoms with E-state index < -0.39 is 24.9 Å². The first-order valence-electron chi connectivity index (χ1n) is 6.67. The minimum atomic E-state index is -4.29. The van der Waals surface area contributed by atoms with Crippen LogP contribution in [0, 0.1) is 0 Å². The van der Waals surface area contributed by atoms with Crippen molar-refractivity contribution in [1.82, 2.24) is 9.88 Å². The summed E-state index contributed by atoms with van der Waals surface area (Å²) in [5, 5.41) is 0. The van der Waals surface area contributed by atoms with Gasteiger partial charge in [-0.2, -0.15) is 13.2 Å². The predicted octanol–water partition coefficient (Wildman–Crippen LogP) is 1.65. The Kier molecular flexibility index (Phi) is 4.54. The number of hydrogen-bond acceptors (Lipinski definition) is 4. The SMILES string of the molecule is Nc1cccnc1N1CCN(C(=O)CCC(F)(F)F)CC1. The van der Waals surface area contributed by atoms with E-state index in [1.165, 1.54) is 4.90 Å². The quantitative estimate of drug-likeness (QED) is 0.922. The van der Waals surface area contributed by atoms with Crippen LogP contribution in [0.4, 0.5) is 24.7 Å². The van der Waals surface area contributed by atoms with Gasteiger partial charge in [0.15, 0.2) is 5.82 Å². The maximum Gasteiger partial charge on any atom is 0.389 e. The zero-order chi connectivity index (χ0) is 15.5. The minimum Gasteiger partial charge on any atom is -0.396 e. The molecule has 0 bridgehead atoms. The number of hydrogen-bond donors (Lipinski definition) is 1. The Hall–Kier alpha value is -1.99. The fraction of sp³-hybridized carbons (Fsp3) is 0.538. The van der Waals surface area contributed by atoms with Crippen LogP contribution in [-0.2, 0) is 4.79 Å². The molecule has 21 heavy (non-hydrogen) atoms. The lowest BCUT2D eigenvalue weighted by atomic mass is 10.2. The first kappa shape index (κ1) is 15.4. The third kappa shape index (κ3) is 4.24. The van der Waals surface area contributed by atoms with Gasteiger partial charge in [-0.25, -0.2) is 4.98 Å². The Morgan fingerprint density at radius 1 is 1.29 bits per heavy atom. The molecule has 5 nitrogen and oxygen atoms in total. The van der Waals surface area contributed by atoms with Crippen molar-refractivity contribution in [3.63, 3.8) is 0 Å². The minimum absolute atomic E-state index is 0.382. The molecule has 1 saturated heterocycles. The normalized spacial score (nSPS) is 16.1. The average Bonchev–Trinajstić information content (AvgIpc) is 2.45. The van der Waals surface area contributed by atoms with Crippen LogP contribution in [0.25, 0.3) is 0 Å². The molecule has 1 amide bonds. The maximum atomic E-state index is 12.1. The van der Waals surface area contributed by atoms with E-state index in [-0.39, 0.29) is 0 Å². The number of anilines is 2. The molecule has 1 aliphatic rings. The Balaban J connectivity index is 1.86. The summed E-state index contributed by atoms with van der Waals surface area (Å²) < 4.78 is 36.3. The molecule has 0 atom stereocenters. The number of halogens is 3.